The van der Waals surface area contributed by atoms with Crippen molar-refractivity contribution in [1.29, 1.82) is 0 Å². The minimum Gasteiger partial charge on any atom is -0.347 e. The third-order valence-corrected chi connectivity index (χ3v) is 10.7. The molecule has 2 aliphatic rings. The monoisotopic (exact) mass is 736 g/mol. The summed E-state index contributed by atoms with van der Waals surface area (Å²) in [5.74, 6) is -1.62. The van der Waals surface area contributed by atoms with Crippen molar-refractivity contribution in [1.82, 2.24) is 31.2 Å². The molecule has 0 saturated carbocycles. The predicted octanol–water partition coefficient (Wildman–Crippen LogP) is 5.32. The molecule has 274 valence electrons. The fourth-order valence-electron chi connectivity index (χ4n) is 8.03. The summed E-state index contributed by atoms with van der Waals surface area (Å²) in [6.45, 7) is 0.855. The van der Waals surface area contributed by atoms with Gasteiger partial charge >= 0.3 is 0 Å². The van der Waals surface area contributed by atoms with Gasteiger partial charge in [0, 0.05) is 26.2 Å². The molecule has 7 aromatic rings. The molecule has 1 aliphatic carbocycles. The first-order chi connectivity index (χ1) is 27.4. The number of carbonyl (C=O) groups is 4. The van der Waals surface area contributed by atoms with Gasteiger partial charge in [-0.15, -0.1) is 0 Å². The highest BCUT2D eigenvalue weighted by atomic mass is 16.2. The van der Waals surface area contributed by atoms with Gasteiger partial charge in [0.05, 0.1) is 0 Å². The lowest BCUT2D eigenvalue weighted by atomic mass is 9.91. The number of pyridine rings is 2. The van der Waals surface area contributed by atoms with Crippen molar-refractivity contribution in [3.05, 3.63) is 165 Å². The molecule has 0 saturated heterocycles. The molecule has 8 bridgehead atoms. The molecule has 0 unspecified atom stereocenters. The molecule has 10 heteroatoms. The van der Waals surface area contributed by atoms with Crippen LogP contribution in [0.4, 0.5) is 0 Å². The molecule has 3 heterocycles. The van der Waals surface area contributed by atoms with Crippen LogP contribution in [-0.2, 0) is 26.2 Å². The maximum absolute atomic E-state index is 13.7. The van der Waals surface area contributed by atoms with E-state index in [4.69, 9.17) is 0 Å². The van der Waals surface area contributed by atoms with E-state index >= 15 is 0 Å². The number of carbonyl (C=O) groups excluding carboxylic acids is 4. The third-order valence-electron chi connectivity index (χ3n) is 10.7. The van der Waals surface area contributed by atoms with Crippen LogP contribution in [0.15, 0.2) is 109 Å². The Hall–Kier alpha value is -7.20. The second kappa shape index (κ2) is 14.6. The van der Waals surface area contributed by atoms with E-state index < -0.39 is 23.6 Å². The molecule has 0 radical (unpaired) electrons. The highest BCUT2D eigenvalue weighted by Gasteiger charge is 2.20. The van der Waals surface area contributed by atoms with Crippen molar-refractivity contribution in [3.8, 4) is 0 Å². The summed E-state index contributed by atoms with van der Waals surface area (Å²) >= 11 is 0. The van der Waals surface area contributed by atoms with Crippen LogP contribution in [0.3, 0.4) is 0 Å². The summed E-state index contributed by atoms with van der Waals surface area (Å²) in [4.78, 5) is 63.6. The molecule has 0 fully saturated rings. The number of aromatic nitrogens is 2. The van der Waals surface area contributed by atoms with Crippen LogP contribution in [-0.4, -0.2) is 33.6 Å². The van der Waals surface area contributed by atoms with Gasteiger partial charge in [-0.1, -0.05) is 97.1 Å². The highest BCUT2D eigenvalue weighted by molar-refractivity contribution is 6.07. The van der Waals surface area contributed by atoms with Crippen LogP contribution in [0, 0.1) is 0 Å². The van der Waals surface area contributed by atoms with E-state index in [0.29, 0.717) is 0 Å². The van der Waals surface area contributed by atoms with Crippen LogP contribution < -0.4 is 31.7 Å². The molecule has 0 spiro atoms. The van der Waals surface area contributed by atoms with Gasteiger partial charge in [0.2, 0.25) is 0 Å². The van der Waals surface area contributed by atoms with Gasteiger partial charge in [-0.3, -0.25) is 19.2 Å². The lowest BCUT2D eigenvalue weighted by Crippen LogP contribution is -2.39. The van der Waals surface area contributed by atoms with E-state index in [1.807, 2.05) is 72.8 Å². The van der Waals surface area contributed by atoms with E-state index in [2.05, 4.69) is 43.4 Å². The first kappa shape index (κ1) is 34.6. The number of amides is 4. The normalized spacial score (nSPS) is 15.0. The fraction of sp³-hybridized carbons (Fsp3) is 0.130. The van der Waals surface area contributed by atoms with Crippen LogP contribution in [0.2, 0.25) is 0 Å². The van der Waals surface area contributed by atoms with E-state index in [9.17, 15) is 19.2 Å². The Morgan fingerprint density at radius 2 is 0.607 bits per heavy atom. The summed E-state index contributed by atoms with van der Waals surface area (Å²) in [6, 6.07) is 33.4. The zero-order chi connectivity index (χ0) is 38.2. The molecule has 2 aromatic heterocycles. The number of nitrogens with zero attached hydrogens (tertiary/aromatic N) is 2. The lowest BCUT2D eigenvalue weighted by molar-refractivity contribution is 0.0925. The van der Waals surface area contributed by atoms with Crippen molar-refractivity contribution >= 4 is 68.1 Å². The Balaban J connectivity index is 1.14. The number of hydrogen-bond acceptors (Lipinski definition) is 6. The molecule has 1 aliphatic heterocycles. The summed E-state index contributed by atoms with van der Waals surface area (Å²) in [5, 5.41) is 19.8. The summed E-state index contributed by atoms with van der Waals surface area (Å²) < 4.78 is 0. The Bertz CT molecular complexity index is 2670. The number of nitrogens with one attached hydrogen (secondary N) is 4. The van der Waals surface area contributed by atoms with E-state index in [1.54, 1.807) is 36.4 Å². The van der Waals surface area contributed by atoms with Gasteiger partial charge in [-0.05, 0) is 102 Å². The molecule has 10 nitrogen and oxygen atoms in total. The largest absolute Gasteiger partial charge is 0.347 e. The second-order valence-electron chi connectivity index (χ2n) is 13.9. The van der Waals surface area contributed by atoms with Gasteiger partial charge in [0.15, 0.2) is 0 Å². The maximum Gasteiger partial charge on any atom is 0.270 e. The maximum atomic E-state index is 13.7. The molecular formula is C46H36N6O4. The van der Waals surface area contributed by atoms with Crippen LogP contribution in [0.5, 0.6) is 0 Å². The molecule has 9 rings (SSSR count). The lowest BCUT2D eigenvalue weighted by Gasteiger charge is -2.18. The Kier molecular flexibility index (Phi) is 8.99. The molecule has 4 amide bonds. The molecule has 56 heavy (non-hydrogen) atoms. The number of fused-ring (bicyclic) bond motifs is 10. The van der Waals surface area contributed by atoms with Gasteiger partial charge in [0.25, 0.3) is 23.6 Å². The number of benzene rings is 5. The van der Waals surface area contributed by atoms with Crippen molar-refractivity contribution in [2.45, 2.75) is 39.0 Å². The quantitative estimate of drug-likeness (QED) is 0.155. The van der Waals surface area contributed by atoms with Crippen LogP contribution >= 0.6 is 0 Å². The molecule has 4 N–H and O–H groups in total. The highest BCUT2D eigenvalue weighted by Crippen LogP contribution is 2.33. The molecular weight excluding hydrogens is 701 g/mol. The van der Waals surface area contributed by atoms with Crippen LogP contribution in [0.25, 0.3) is 44.5 Å². The summed E-state index contributed by atoms with van der Waals surface area (Å²) in [5.41, 5.74) is 4.24. The average molecular weight is 737 g/mol. The van der Waals surface area contributed by atoms with Crippen LogP contribution in [0.1, 0.15) is 77.0 Å². The second-order valence-corrected chi connectivity index (χ2v) is 13.9. The SMILES string of the molecule is O=C1NCc2c3c(c(c4ccccc24)CNC(=O)c2cccc(n2)C(=O)NCc2c4ccccc4c(c4ccccc24)CNC(=O)c2cccc1n2)=CCCC=3. The Morgan fingerprint density at radius 3 is 0.911 bits per heavy atom. The number of rotatable bonds is 0. The average Bonchev–Trinajstić information content (AvgIpc) is 3.25. The minimum absolute atomic E-state index is 0.127. The van der Waals surface area contributed by atoms with E-state index in [0.717, 1.165) is 77.9 Å². The van der Waals surface area contributed by atoms with Gasteiger partial charge in [0.1, 0.15) is 22.8 Å². The first-order valence-corrected chi connectivity index (χ1v) is 18.7. The summed E-state index contributed by atoms with van der Waals surface area (Å²) in [7, 11) is 0. The van der Waals surface area contributed by atoms with Gasteiger partial charge < -0.3 is 21.3 Å². The van der Waals surface area contributed by atoms with E-state index in [-0.39, 0.29) is 49.0 Å². The number of hydrogen-bond donors (Lipinski definition) is 4. The van der Waals surface area contributed by atoms with Gasteiger partial charge in [-0.25, -0.2) is 9.97 Å². The first-order valence-electron chi connectivity index (χ1n) is 18.7. The summed E-state index contributed by atoms with van der Waals surface area (Å²) in [6.07, 6.45) is 6.03. The Morgan fingerprint density at radius 1 is 0.339 bits per heavy atom. The fourth-order valence-corrected chi connectivity index (χ4v) is 8.03. The van der Waals surface area contributed by atoms with Crippen molar-refractivity contribution in [2.75, 3.05) is 0 Å². The van der Waals surface area contributed by atoms with E-state index in [1.165, 1.54) is 0 Å². The third kappa shape index (κ3) is 6.30. The predicted molar refractivity (Wildman–Crippen MR) is 216 cm³/mol. The topological polar surface area (TPSA) is 142 Å². The smallest absolute Gasteiger partial charge is 0.270 e. The van der Waals surface area contributed by atoms with Crippen molar-refractivity contribution in [2.24, 2.45) is 0 Å². The Labute approximate surface area is 321 Å². The zero-order valence-corrected chi connectivity index (χ0v) is 30.3. The van der Waals surface area contributed by atoms with Gasteiger partial charge in [-0.2, -0.15) is 0 Å². The molecule has 0 atom stereocenters. The van der Waals surface area contributed by atoms with Crippen molar-refractivity contribution in [3.63, 3.8) is 0 Å². The standard InChI is InChI=1S/C46H36N6O4/c53-43-39-19-9-21-41(51-39)45(55)49-25-37-31-15-5-7-17-33(31)38(34-18-8-6-16-32(34)37)26-50-46(56)42-22-10-20-40(52-42)44(54)48-24-36-28-12-2-1-11-27(28)35(23-47-43)29-13-3-4-14-30(29)36/h1-5,7,9-22H,6,8,23-26H2,(H,47,53)(H,48,54)(H,49,55)(H,50,56). The minimum atomic E-state index is -0.409. The van der Waals surface area contributed by atoms with Crippen molar-refractivity contribution < 1.29 is 19.2 Å². The zero-order valence-electron chi connectivity index (χ0n) is 30.3. The molecule has 5 aromatic carbocycles.